The molecule has 15 heteroatoms. The van der Waals surface area contributed by atoms with Crippen LogP contribution in [0.3, 0.4) is 0 Å². The summed E-state index contributed by atoms with van der Waals surface area (Å²) in [5.74, 6) is -2.33. The number of rotatable bonds is 12. The van der Waals surface area contributed by atoms with Crippen molar-refractivity contribution < 1.29 is 28.7 Å². The van der Waals surface area contributed by atoms with E-state index in [9.17, 15) is 24.0 Å². The fraction of sp³-hybridized carbons (Fsp3) is 0.357. The van der Waals surface area contributed by atoms with E-state index in [1.165, 1.54) is 18.3 Å². The van der Waals surface area contributed by atoms with Crippen LogP contribution in [0.1, 0.15) is 66.4 Å². The highest BCUT2D eigenvalue weighted by Gasteiger charge is 2.33. The number of nitrogens with one attached hydrogen (secondary N) is 4. The molecule has 7 rings (SSSR count). The fourth-order valence-electron chi connectivity index (χ4n) is 6.98. The van der Waals surface area contributed by atoms with Gasteiger partial charge in [0.05, 0.1) is 22.9 Å². The molecule has 4 heterocycles. The first-order chi connectivity index (χ1) is 27.5. The second kappa shape index (κ2) is 19.2. The number of fused-ring (bicyclic) bond motifs is 16. The Hall–Kier alpha value is -6.09. The van der Waals surface area contributed by atoms with Gasteiger partial charge >= 0.3 is 0 Å². The number of hydrogen-bond acceptors (Lipinski definition) is 9. The molecule has 0 fully saturated rings. The third-order valence-corrected chi connectivity index (χ3v) is 11.0. The number of thiazole rings is 1. The quantitative estimate of drug-likeness (QED) is 0.0462. The number of guanidine groups is 1. The number of Topliss-reactive ketones (excluding diaryl/α,β-unsaturated/α-hetero) is 2. The van der Waals surface area contributed by atoms with E-state index in [1.54, 1.807) is 6.20 Å². The first-order valence-corrected chi connectivity index (χ1v) is 20.0. The number of aromatic nitrogens is 2. The second-order valence-electron chi connectivity index (χ2n) is 14.3. The van der Waals surface area contributed by atoms with Crippen LogP contribution in [0.5, 0.6) is 5.75 Å². The number of nitrogens with two attached hydrogens (primary N) is 2. The van der Waals surface area contributed by atoms with Crippen molar-refractivity contribution in [1.29, 1.82) is 0 Å². The summed E-state index contributed by atoms with van der Waals surface area (Å²) in [6.45, 7) is 2.04. The molecule has 8 N–H and O–H groups in total. The number of hydrogen-bond donors (Lipinski definition) is 6. The van der Waals surface area contributed by atoms with E-state index < -0.39 is 41.8 Å². The van der Waals surface area contributed by atoms with Crippen molar-refractivity contribution in [2.45, 2.75) is 76.4 Å². The SMILES string of the molecule is CC(=O)C[C@H]1Cc2ccc(cc2)OCCCC[C@@H](C(=O)N[C@@H](CCCN=C(N)N)C(=O)c2nc3ccccc3s2)NC(=O)[C@@H](Cc2c[nH]c3ccccc23)NC1=O. The molecule has 5 aromatic rings. The maximum Gasteiger partial charge on any atom is 0.243 e. The van der Waals surface area contributed by atoms with Crippen molar-refractivity contribution in [2.75, 3.05) is 13.2 Å². The summed E-state index contributed by atoms with van der Waals surface area (Å²) < 4.78 is 6.80. The molecule has 2 aromatic heterocycles. The van der Waals surface area contributed by atoms with Gasteiger partial charge in [0.15, 0.2) is 11.0 Å². The van der Waals surface area contributed by atoms with E-state index in [1.807, 2.05) is 72.8 Å². The highest BCUT2D eigenvalue weighted by atomic mass is 32.1. The number of ketones is 2. The summed E-state index contributed by atoms with van der Waals surface area (Å²) in [4.78, 5) is 80.9. The number of carbonyl (C=O) groups excluding carboxylic acids is 5. The van der Waals surface area contributed by atoms with Gasteiger partial charge in [-0.05, 0) is 86.9 Å². The van der Waals surface area contributed by atoms with Gasteiger partial charge in [0.25, 0.3) is 0 Å². The van der Waals surface area contributed by atoms with Gasteiger partial charge in [0, 0.05) is 42.4 Å². The van der Waals surface area contributed by atoms with Gasteiger partial charge in [-0.15, -0.1) is 11.3 Å². The van der Waals surface area contributed by atoms with Crippen LogP contribution in [-0.2, 0) is 32.0 Å². The Morgan fingerprint density at radius 1 is 0.982 bits per heavy atom. The van der Waals surface area contributed by atoms with Crippen LogP contribution in [0.25, 0.3) is 21.1 Å². The lowest BCUT2D eigenvalue weighted by Gasteiger charge is -2.26. The van der Waals surface area contributed by atoms with Crippen LogP contribution in [0.2, 0.25) is 0 Å². The first kappa shape index (κ1) is 40.6. The number of amides is 3. The maximum absolute atomic E-state index is 14.4. The van der Waals surface area contributed by atoms with Crippen LogP contribution < -0.4 is 32.2 Å². The number of aromatic amines is 1. The van der Waals surface area contributed by atoms with E-state index in [0.717, 1.165) is 26.7 Å². The largest absolute Gasteiger partial charge is 0.494 e. The minimum absolute atomic E-state index is 0.0240. The van der Waals surface area contributed by atoms with Crippen LogP contribution in [0.15, 0.2) is 84.0 Å². The van der Waals surface area contributed by atoms with Crippen molar-refractivity contribution in [3.8, 4) is 5.75 Å². The zero-order valence-electron chi connectivity index (χ0n) is 31.8. The van der Waals surface area contributed by atoms with Crippen molar-refractivity contribution in [1.82, 2.24) is 25.9 Å². The zero-order valence-corrected chi connectivity index (χ0v) is 32.6. The van der Waals surface area contributed by atoms with Crippen molar-refractivity contribution in [3.63, 3.8) is 0 Å². The lowest BCUT2D eigenvalue weighted by Crippen LogP contribution is -2.56. The van der Waals surface area contributed by atoms with E-state index >= 15 is 0 Å². The average Bonchev–Trinajstić information content (AvgIpc) is 3.82. The molecule has 4 atom stereocenters. The average molecular weight is 793 g/mol. The van der Waals surface area contributed by atoms with Gasteiger partial charge in [0.1, 0.15) is 23.6 Å². The number of para-hydroxylation sites is 2. The van der Waals surface area contributed by atoms with Gasteiger partial charge < -0.3 is 41.9 Å². The highest BCUT2D eigenvalue weighted by molar-refractivity contribution is 7.20. The Morgan fingerprint density at radius 2 is 1.75 bits per heavy atom. The minimum atomic E-state index is -1.11. The summed E-state index contributed by atoms with van der Waals surface area (Å²) in [6.07, 6.45) is 4.03. The molecule has 2 bridgehead atoms. The topological polar surface area (TPSA) is 224 Å². The standard InChI is InChI=1S/C42H48N8O6S/c1-25(51)21-27-22-26-15-17-29(18-16-26)56-20-7-6-12-34(48-40(55)35(49-38(27)53)23-28-24-46-31-10-3-2-9-30(28)31)39(54)47-33(13-8-19-45-42(43)44)37(52)41-50-32-11-4-5-14-36(32)57-41/h2-5,9-11,14-18,24,27,33-35,46H,6-8,12-13,19-23H2,1H3,(H,47,54)(H,48,55)(H,49,53)(H4,43,44,45)/t27-,33-,34-,35+/m0/s1. The Labute approximate surface area is 334 Å². The smallest absolute Gasteiger partial charge is 0.243 e. The lowest BCUT2D eigenvalue weighted by atomic mass is 9.93. The zero-order chi connectivity index (χ0) is 40.3. The van der Waals surface area contributed by atoms with Gasteiger partial charge in [-0.1, -0.05) is 42.5 Å². The molecule has 14 nitrogen and oxygen atoms in total. The predicted molar refractivity (Wildman–Crippen MR) is 220 cm³/mol. The second-order valence-corrected chi connectivity index (χ2v) is 15.4. The molecule has 0 spiro atoms. The fourth-order valence-corrected chi connectivity index (χ4v) is 7.94. The van der Waals surface area contributed by atoms with Crippen LogP contribution in [-0.4, -0.2) is 76.5 Å². The molecule has 0 saturated heterocycles. The third kappa shape index (κ3) is 11.0. The molecule has 3 aromatic carbocycles. The summed E-state index contributed by atoms with van der Waals surface area (Å²) in [7, 11) is 0. The van der Waals surface area contributed by atoms with Crippen LogP contribution in [0.4, 0.5) is 0 Å². The number of nitrogens with zero attached hydrogens (tertiary/aromatic N) is 2. The summed E-state index contributed by atoms with van der Waals surface area (Å²) in [5.41, 5.74) is 14.2. The highest BCUT2D eigenvalue weighted by Crippen LogP contribution is 2.25. The van der Waals surface area contributed by atoms with Gasteiger partial charge in [-0.25, -0.2) is 4.98 Å². The van der Waals surface area contributed by atoms with Crippen LogP contribution in [0, 0.1) is 5.92 Å². The van der Waals surface area contributed by atoms with Crippen molar-refractivity contribution >= 4 is 67.7 Å². The van der Waals surface area contributed by atoms with Crippen LogP contribution >= 0.6 is 11.3 Å². The lowest BCUT2D eigenvalue weighted by molar-refractivity contribution is -0.134. The Balaban J connectivity index is 1.29. The molecule has 2 aliphatic heterocycles. The van der Waals surface area contributed by atoms with Gasteiger partial charge in [-0.3, -0.25) is 24.2 Å². The minimum Gasteiger partial charge on any atom is -0.494 e. The molecule has 57 heavy (non-hydrogen) atoms. The van der Waals surface area contributed by atoms with Gasteiger partial charge in [0.2, 0.25) is 23.5 Å². The maximum atomic E-state index is 14.4. The number of carbonyl (C=O) groups is 5. The van der Waals surface area contributed by atoms with E-state index in [0.29, 0.717) is 37.1 Å². The third-order valence-electron chi connectivity index (χ3n) is 9.91. The Kier molecular flexibility index (Phi) is 13.6. The van der Waals surface area contributed by atoms with Crippen molar-refractivity contribution in [2.24, 2.45) is 22.4 Å². The molecule has 298 valence electrons. The number of H-pyrrole nitrogens is 1. The van der Waals surface area contributed by atoms with E-state index in [-0.39, 0.29) is 61.2 Å². The summed E-state index contributed by atoms with van der Waals surface area (Å²) in [6, 6.07) is 19.2. The molecule has 0 aliphatic carbocycles. The predicted octanol–water partition coefficient (Wildman–Crippen LogP) is 4.11. The molecule has 0 saturated carbocycles. The normalized spacial score (nSPS) is 18.5. The van der Waals surface area contributed by atoms with E-state index in [2.05, 4.69) is 30.9 Å². The number of ether oxygens (including phenoxy) is 1. The molecule has 2 aliphatic rings. The van der Waals surface area contributed by atoms with Crippen molar-refractivity contribution in [3.05, 3.63) is 95.1 Å². The Bertz CT molecular complexity index is 2210. The van der Waals surface area contributed by atoms with E-state index in [4.69, 9.17) is 16.2 Å². The first-order valence-electron chi connectivity index (χ1n) is 19.2. The molecule has 0 unspecified atom stereocenters. The Morgan fingerprint density at radius 3 is 2.53 bits per heavy atom. The summed E-state index contributed by atoms with van der Waals surface area (Å²) >= 11 is 1.24. The number of benzene rings is 3. The molecular formula is C42H48N8O6S. The number of aliphatic imine (C=N–C) groups is 1. The summed E-state index contributed by atoms with van der Waals surface area (Å²) in [5, 5.41) is 9.89. The monoisotopic (exact) mass is 792 g/mol. The molecule has 0 radical (unpaired) electrons. The van der Waals surface area contributed by atoms with Gasteiger partial charge in [-0.2, -0.15) is 0 Å². The molecular weight excluding hydrogens is 745 g/mol. The molecule has 3 amide bonds.